The molecule has 2 aromatic heterocycles. The lowest BCUT2D eigenvalue weighted by molar-refractivity contribution is 0.102. The van der Waals surface area contributed by atoms with E-state index in [-0.39, 0.29) is 5.91 Å². The van der Waals surface area contributed by atoms with Crippen molar-refractivity contribution in [3.05, 3.63) is 64.0 Å². The fourth-order valence-corrected chi connectivity index (χ4v) is 2.67. The lowest BCUT2D eigenvalue weighted by Crippen LogP contribution is -2.13. The minimum absolute atomic E-state index is 0.262. The molecule has 21 heavy (non-hydrogen) atoms. The molecule has 0 spiro atoms. The van der Waals surface area contributed by atoms with Crippen LogP contribution in [0.1, 0.15) is 16.1 Å². The normalized spacial score (nSPS) is 10.8. The fourth-order valence-electron chi connectivity index (χ4n) is 2.14. The number of amides is 1. The number of pyridine rings is 1. The zero-order chi connectivity index (χ0) is 15.0. The maximum absolute atomic E-state index is 12.3. The van der Waals surface area contributed by atoms with Gasteiger partial charge in [-0.2, -0.15) is 0 Å². The van der Waals surface area contributed by atoms with Crippen molar-refractivity contribution in [3.8, 4) is 0 Å². The van der Waals surface area contributed by atoms with E-state index >= 15 is 0 Å². The SMILES string of the molecule is Cc1c(NC(=O)c2cc(Cl)cc(Cl)c2)ccc2nccn12. The van der Waals surface area contributed by atoms with Crippen molar-refractivity contribution < 1.29 is 4.79 Å². The van der Waals surface area contributed by atoms with Gasteiger partial charge in [0.2, 0.25) is 0 Å². The topological polar surface area (TPSA) is 46.4 Å². The molecule has 3 rings (SSSR count). The van der Waals surface area contributed by atoms with E-state index in [0.29, 0.717) is 21.3 Å². The van der Waals surface area contributed by atoms with Crippen LogP contribution in [0, 0.1) is 6.92 Å². The van der Waals surface area contributed by atoms with Crippen LogP contribution in [-0.4, -0.2) is 15.3 Å². The van der Waals surface area contributed by atoms with E-state index in [1.54, 1.807) is 24.4 Å². The van der Waals surface area contributed by atoms with Gasteiger partial charge in [-0.25, -0.2) is 4.98 Å². The Kier molecular flexibility index (Phi) is 3.57. The van der Waals surface area contributed by atoms with Crippen LogP contribution in [0.25, 0.3) is 5.65 Å². The van der Waals surface area contributed by atoms with E-state index in [2.05, 4.69) is 10.3 Å². The van der Waals surface area contributed by atoms with Crippen LogP contribution in [0.4, 0.5) is 5.69 Å². The predicted octanol–water partition coefficient (Wildman–Crippen LogP) is 4.20. The summed E-state index contributed by atoms with van der Waals surface area (Å²) in [6.07, 6.45) is 3.56. The summed E-state index contributed by atoms with van der Waals surface area (Å²) in [6.45, 7) is 1.91. The van der Waals surface area contributed by atoms with Gasteiger partial charge in [-0.05, 0) is 37.3 Å². The number of hydrogen-bond acceptors (Lipinski definition) is 2. The Morgan fingerprint density at radius 2 is 1.90 bits per heavy atom. The van der Waals surface area contributed by atoms with Crippen LogP contribution in [0.2, 0.25) is 10.0 Å². The molecule has 0 saturated heterocycles. The molecule has 1 amide bonds. The van der Waals surface area contributed by atoms with Crippen molar-refractivity contribution in [1.82, 2.24) is 9.38 Å². The van der Waals surface area contributed by atoms with Crippen LogP contribution in [-0.2, 0) is 0 Å². The second kappa shape index (κ2) is 5.39. The summed E-state index contributed by atoms with van der Waals surface area (Å²) in [5.41, 5.74) is 2.85. The third kappa shape index (κ3) is 2.73. The monoisotopic (exact) mass is 319 g/mol. The number of imidazole rings is 1. The first-order valence-corrected chi connectivity index (χ1v) is 7.00. The molecule has 0 atom stereocenters. The highest BCUT2D eigenvalue weighted by Crippen LogP contribution is 2.21. The van der Waals surface area contributed by atoms with Gasteiger partial charge < -0.3 is 9.72 Å². The Balaban J connectivity index is 1.94. The second-order valence-corrected chi connectivity index (χ2v) is 5.47. The van der Waals surface area contributed by atoms with Gasteiger partial charge in [0.05, 0.1) is 5.69 Å². The van der Waals surface area contributed by atoms with E-state index in [1.165, 1.54) is 0 Å². The van der Waals surface area contributed by atoms with Gasteiger partial charge in [-0.1, -0.05) is 23.2 Å². The molecule has 4 nitrogen and oxygen atoms in total. The zero-order valence-electron chi connectivity index (χ0n) is 11.1. The van der Waals surface area contributed by atoms with Crippen LogP contribution in [0.3, 0.4) is 0 Å². The molecule has 1 aromatic carbocycles. The summed E-state index contributed by atoms with van der Waals surface area (Å²) in [6, 6.07) is 8.40. The third-order valence-electron chi connectivity index (χ3n) is 3.19. The average Bonchev–Trinajstić information content (AvgIpc) is 2.90. The second-order valence-electron chi connectivity index (χ2n) is 4.60. The molecule has 0 radical (unpaired) electrons. The molecule has 0 bridgehead atoms. The smallest absolute Gasteiger partial charge is 0.255 e. The minimum Gasteiger partial charge on any atom is -0.320 e. The van der Waals surface area contributed by atoms with Gasteiger partial charge in [0.25, 0.3) is 5.91 Å². The molecule has 0 aliphatic rings. The number of aryl methyl sites for hydroxylation is 1. The lowest BCUT2D eigenvalue weighted by atomic mass is 10.2. The van der Waals surface area contributed by atoms with E-state index in [9.17, 15) is 4.79 Å². The molecule has 0 unspecified atom stereocenters. The Labute approximate surface area is 131 Å². The predicted molar refractivity (Wildman–Crippen MR) is 84.3 cm³/mol. The molecule has 6 heteroatoms. The van der Waals surface area contributed by atoms with Gasteiger partial charge in [0.15, 0.2) is 0 Å². The number of aromatic nitrogens is 2. The van der Waals surface area contributed by atoms with Crippen molar-refractivity contribution in [1.29, 1.82) is 0 Å². The van der Waals surface area contributed by atoms with Crippen LogP contribution >= 0.6 is 23.2 Å². The number of anilines is 1. The van der Waals surface area contributed by atoms with Crippen LogP contribution in [0.15, 0.2) is 42.7 Å². The molecule has 0 aliphatic heterocycles. The Morgan fingerprint density at radius 1 is 1.19 bits per heavy atom. The highest BCUT2D eigenvalue weighted by molar-refractivity contribution is 6.35. The highest BCUT2D eigenvalue weighted by Gasteiger charge is 2.11. The van der Waals surface area contributed by atoms with E-state index < -0.39 is 0 Å². The number of nitrogens with one attached hydrogen (secondary N) is 1. The fraction of sp³-hybridized carbons (Fsp3) is 0.0667. The molecular weight excluding hydrogens is 309 g/mol. The van der Waals surface area contributed by atoms with Gasteiger partial charge in [0.1, 0.15) is 5.65 Å². The molecule has 1 N–H and O–H groups in total. The summed E-state index contributed by atoms with van der Waals surface area (Å²) in [5.74, 6) is -0.262. The third-order valence-corrected chi connectivity index (χ3v) is 3.63. The van der Waals surface area contributed by atoms with Gasteiger partial charge in [0, 0.05) is 33.7 Å². The summed E-state index contributed by atoms with van der Waals surface area (Å²) >= 11 is 11.8. The van der Waals surface area contributed by atoms with Crippen LogP contribution < -0.4 is 5.32 Å². The maximum atomic E-state index is 12.3. The summed E-state index contributed by atoms with van der Waals surface area (Å²) in [7, 11) is 0. The number of rotatable bonds is 2. The highest BCUT2D eigenvalue weighted by atomic mass is 35.5. The number of halogens is 2. The van der Waals surface area contributed by atoms with Gasteiger partial charge >= 0.3 is 0 Å². The molecular formula is C15H11Cl2N3O. The standard InChI is InChI=1S/C15H11Cl2N3O/c1-9-13(2-3-14-18-4-5-20(9)14)19-15(21)10-6-11(16)8-12(17)7-10/h2-8H,1H3,(H,19,21). The number of nitrogens with zero attached hydrogens (tertiary/aromatic N) is 2. The molecule has 0 aliphatic carbocycles. The number of carbonyl (C=O) groups excluding carboxylic acids is 1. The van der Waals surface area contributed by atoms with E-state index in [1.807, 2.05) is 29.7 Å². The number of fused-ring (bicyclic) bond motifs is 1. The van der Waals surface area contributed by atoms with Crippen molar-refractivity contribution >= 4 is 40.4 Å². The Morgan fingerprint density at radius 3 is 2.62 bits per heavy atom. The van der Waals surface area contributed by atoms with Gasteiger partial charge in [-0.3, -0.25) is 4.79 Å². The van der Waals surface area contributed by atoms with Crippen molar-refractivity contribution in [3.63, 3.8) is 0 Å². The summed E-state index contributed by atoms with van der Waals surface area (Å²) < 4.78 is 1.90. The number of benzene rings is 1. The summed E-state index contributed by atoms with van der Waals surface area (Å²) in [5, 5.41) is 3.71. The largest absolute Gasteiger partial charge is 0.320 e. The first-order chi connectivity index (χ1) is 10.0. The first-order valence-electron chi connectivity index (χ1n) is 6.25. The molecule has 2 heterocycles. The van der Waals surface area contributed by atoms with Crippen LogP contribution in [0.5, 0.6) is 0 Å². The number of carbonyl (C=O) groups is 1. The first kappa shape index (κ1) is 13.9. The van der Waals surface area contributed by atoms with Crippen molar-refractivity contribution in [2.45, 2.75) is 6.92 Å². The van der Waals surface area contributed by atoms with Gasteiger partial charge in [-0.15, -0.1) is 0 Å². The molecule has 0 fully saturated rings. The van der Waals surface area contributed by atoms with Crippen molar-refractivity contribution in [2.24, 2.45) is 0 Å². The molecule has 0 saturated carbocycles. The zero-order valence-corrected chi connectivity index (χ0v) is 12.6. The minimum atomic E-state index is -0.262. The molecule has 106 valence electrons. The van der Waals surface area contributed by atoms with Crippen molar-refractivity contribution in [2.75, 3.05) is 5.32 Å². The van der Waals surface area contributed by atoms with E-state index in [0.717, 1.165) is 11.3 Å². The average molecular weight is 320 g/mol. The Bertz CT molecular complexity index is 822. The maximum Gasteiger partial charge on any atom is 0.255 e. The van der Waals surface area contributed by atoms with E-state index in [4.69, 9.17) is 23.2 Å². The number of hydrogen-bond donors (Lipinski definition) is 1. The summed E-state index contributed by atoms with van der Waals surface area (Å²) in [4.78, 5) is 16.5. The quantitative estimate of drug-likeness (QED) is 0.769. The molecule has 3 aromatic rings. The Hall–Kier alpha value is -2.04. The lowest BCUT2D eigenvalue weighted by Gasteiger charge is -2.10.